The number of methoxy groups -OCH3 is 2. The highest BCUT2D eigenvalue weighted by molar-refractivity contribution is 9.10. The van der Waals surface area contributed by atoms with Gasteiger partial charge in [0.15, 0.2) is 8.38 Å². The van der Waals surface area contributed by atoms with Crippen molar-refractivity contribution in [2.75, 3.05) is 20.9 Å². The molecule has 18 rings (SSSR count). The van der Waals surface area contributed by atoms with Crippen molar-refractivity contribution in [2.24, 2.45) is 20.0 Å². The van der Waals surface area contributed by atoms with Crippen LogP contribution in [0.1, 0.15) is 61.8 Å². The molecule has 0 N–H and O–H groups in total. The first-order valence-corrected chi connectivity index (χ1v) is 41.3. The summed E-state index contributed by atoms with van der Waals surface area (Å²) in [5.41, 5.74) is 16.2. The molecule has 496 valence electrons. The summed E-state index contributed by atoms with van der Waals surface area (Å²) in [6.07, 6.45) is 10.5. The third-order valence-electron chi connectivity index (χ3n) is 19.1. The number of ether oxygens (including phenoxy) is 2. The van der Waals surface area contributed by atoms with Gasteiger partial charge in [-0.25, -0.2) is 0 Å². The summed E-state index contributed by atoms with van der Waals surface area (Å²) in [5, 5.41) is 16.3. The molecule has 3 aliphatic rings. The van der Waals surface area contributed by atoms with Gasteiger partial charge in [0.25, 0.3) is 0 Å². The summed E-state index contributed by atoms with van der Waals surface area (Å²) in [6.45, 7) is 12.1. The Balaban J connectivity index is 0.000000117. The Kier molecular flexibility index (Phi) is 19.2. The Morgan fingerprint density at radius 1 is 0.327 bits per heavy atom. The summed E-state index contributed by atoms with van der Waals surface area (Å²) in [6, 6.07) is 68.0. The third-order valence-corrected chi connectivity index (χ3v) is 24.1. The van der Waals surface area contributed by atoms with Crippen molar-refractivity contribution in [1.82, 2.24) is 0 Å². The highest BCUT2D eigenvalue weighted by atomic mass is 79.9. The van der Waals surface area contributed by atoms with Crippen LogP contribution in [-0.4, -0.2) is 33.1 Å². The van der Waals surface area contributed by atoms with Crippen molar-refractivity contribution >= 4 is 173 Å². The first-order chi connectivity index (χ1) is 47.7. The second kappa shape index (κ2) is 28.5. The van der Waals surface area contributed by atoms with Gasteiger partial charge in [0, 0.05) is 67.9 Å². The molecule has 2 aliphatic carbocycles. The topological polar surface area (TPSA) is 116 Å². The van der Waals surface area contributed by atoms with Crippen LogP contribution in [0.5, 0.6) is 11.5 Å². The molecule has 4 heterocycles. The number of hydrogen-bond acceptors (Lipinski definition) is 10. The van der Waals surface area contributed by atoms with E-state index in [0.29, 0.717) is 12.2 Å². The van der Waals surface area contributed by atoms with E-state index in [9.17, 15) is 0 Å². The molecular weight excluding hydrogens is 1430 g/mol. The fourth-order valence-electron chi connectivity index (χ4n) is 14.3. The van der Waals surface area contributed by atoms with E-state index in [1.807, 2.05) is 58.1 Å². The van der Waals surface area contributed by atoms with Crippen LogP contribution in [-0.2, 0) is 54.7 Å². The molecule has 1 saturated heterocycles. The molecule has 0 saturated carbocycles. The highest BCUT2D eigenvalue weighted by Crippen LogP contribution is 2.47. The van der Waals surface area contributed by atoms with Gasteiger partial charge in [0.1, 0.15) is 45.0 Å². The van der Waals surface area contributed by atoms with Crippen LogP contribution in [0, 0.1) is 0 Å². The first kappa shape index (κ1) is 66.2. The van der Waals surface area contributed by atoms with Gasteiger partial charge < -0.3 is 43.7 Å². The Morgan fingerprint density at radius 2 is 0.622 bits per heavy atom. The first-order valence-electron chi connectivity index (χ1n) is 33.3. The van der Waals surface area contributed by atoms with Crippen molar-refractivity contribution in [2.45, 2.75) is 77.4 Å². The standard InChI is InChI=1S/C35H27O4P.C21H13Br2O2P.C21H23O2P.C5H11O2P/c1-36-28-12-4-22(5-13-28)24-8-16-30-26(20-24)10-18-32-34(30)35-31-17-9-25(23-6-14-29(37-2)15-7-23)21-27(31)11-19-33(35)39-40(3)38-32;1-26-24-18-8-2-12-10-14(22)4-6-16(12)20(18)21-17-7-5-15(23)11-13(17)3-9-19(21)25-26;1-24-22-18-12-10-14-6-2-4-8-16(14)20(18)21-17-9-5-3-7-15(17)11-13-19(21)23-24;1-4-5(2)7-8(3)6-4/h4-21H,1-3H3;2-11H,1H3;10-13H,2-9H2,1H3;4-5H,1-3H3/t;;;4-,5-/m...0/s1. The van der Waals surface area contributed by atoms with E-state index in [1.165, 1.54) is 95.2 Å². The van der Waals surface area contributed by atoms with Crippen LogP contribution in [0.15, 0.2) is 228 Å². The minimum atomic E-state index is -1.12. The molecule has 2 atom stereocenters. The Hall–Kier alpha value is -7.71. The number of aryl methyl sites for hydroxylation is 7. The van der Waals surface area contributed by atoms with Crippen molar-refractivity contribution in [3.63, 3.8) is 0 Å². The van der Waals surface area contributed by atoms with Gasteiger partial charge in [-0.15, -0.1) is 0 Å². The number of rotatable bonds is 4. The lowest BCUT2D eigenvalue weighted by Crippen LogP contribution is -2.13. The zero-order valence-electron chi connectivity index (χ0n) is 55.9. The average molecular weight is 1500 g/mol. The van der Waals surface area contributed by atoms with Crippen LogP contribution in [0.2, 0.25) is 0 Å². The number of halogens is 2. The predicted octanol–water partition coefficient (Wildman–Crippen LogP) is 27.5. The van der Waals surface area contributed by atoms with Crippen LogP contribution in [0.3, 0.4) is 0 Å². The van der Waals surface area contributed by atoms with Gasteiger partial charge >= 0.3 is 0 Å². The molecule has 3 aromatic heterocycles. The van der Waals surface area contributed by atoms with Crippen LogP contribution >= 0.6 is 64.3 Å². The second-order valence-corrected chi connectivity index (χ2v) is 32.2. The van der Waals surface area contributed by atoms with Gasteiger partial charge in [-0.05, 0) is 250 Å². The molecule has 0 spiro atoms. The van der Waals surface area contributed by atoms with Gasteiger partial charge in [-0.1, -0.05) is 129 Å². The highest BCUT2D eigenvalue weighted by Gasteiger charge is 2.27. The zero-order valence-corrected chi connectivity index (χ0v) is 62.7. The molecule has 98 heavy (non-hydrogen) atoms. The van der Waals surface area contributed by atoms with Crippen molar-refractivity contribution < 1.29 is 43.7 Å². The van der Waals surface area contributed by atoms with E-state index in [1.54, 1.807) is 14.2 Å². The van der Waals surface area contributed by atoms with Gasteiger partial charge in [0.05, 0.1) is 26.4 Å². The zero-order chi connectivity index (χ0) is 67.3. The predicted molar refractivity (Wildman–Crippen MR) is 419 cm³/mol. The van der Waals surface area contributed by atoms with Crippen molar-refractivity contribution in [3.8, 4) is 33.8 Å². The Labute approximate surface area is 590 Å². The Bertz CT molecular complexity index is 5370. The lowest BCUT2D eigenvalue weighted by molar-refractivity contribution is 0.187. The number of fused-ring (bicyclic) bond motifs is 21. The van der Waals surface area contributed by atoms with Crippen molar-refractivity contribution in [3.05, 3.63) is 225 Å². The number of benzene rings is 12. The van der Waals surface area contributed by atoms with Gasteiger partial charge in [-0.2, -0.15) is 0 Å². The summed E-state index contributed by atoms with van der Waals surface area (Å²) in [5.74, 6) is 1.70. The molecule has 1 fully saturated rings. The van der Waals surface area contributed by atoms with Crippen LogP contribution in [0.4, 0.5) is 0 Å². The molecule has 12 aromatic carbocycles. The summed E-state index contributed by atoms with van der Waals surface area (Å²) in [7, 11) is -0.242. The van der Waals surface area contributed by atoms with E-state index in [2.05, 4.69) is 208 Å². The smallest absolute Gasteiger partial charge is 0.213 e. The molecule has 0 radical (unpaired) electrons. The summed E-state index contributed by atoms with van der Waals surface area (Å²) in [4.78, 5) is 0. The van der Waals surface area contributed by atoms with Gasteiger partial charge in [-0.3, -0.25) is 0 Å². The summed E-state index contributed by atoms with van der Waals surface area (Å²) >= 11 is 7.15. The molecule has 1 aliphatic heterocycles. The van der Waals surface area contributed by atoms with E-state index < -0.39 is 32.4 Å². The average Bonchev–Trinajstić information content (AvgIpc) is 1.35. The maximum absolute atomic E-state index is 6.37. The lowest BCUT2D eigenvalue weighted by atomic mass is 9.84. The minimum Gasteiger partial charge on any atom is -0.497 e. The van der Waals surface area contributed by atoms with Crippen LogP contribution < -0.4 is 9.47 Å². The van der Waals surface area contributed by atoms with E-state index in [4.69, 9.17) is 43.7 Å². The van der Waals surface area contributed by atoms with Gasteiger partial charge in [0.2, 0.25) is 24.0 Å². The van der Waals surface area contributed by atoms with Crippen LogP contribution in [0.25, 0.3) is 131 Å². The summed E-state index contributed by atoms with van der Waals surface area (Å²) < 4.78 is 61.0. The largest absolute Gasteiger partial charge is 0.497 e. The molecule has 16 heteroatoms. The normalized spacial score (nSPS) is 15.2. The maximum atomic E-state index is 6.37. The third kappa shape index (κ3) is 13.4. The molecule has 0 unspecified atom stereocenters. The van der Waals surface area contributed by atoms with E-state index in [-0.39, 0.29) is 0 Å². The van der Waals surface area contributed by atoms with E-state index in [0.717, 1.165) is 130 Å². The molecule has 10 nitrogen and oxygen atoms in total. The molecule has 15 aromatic rings. The molecule has 0 bridgehead atoms. The Morgan fingerprint density at radius 3 is 0.949 bits per heavy atom. The van der Waals surface area contributed by atoms with E-state index >= 15 is 0 Å². The fraction of sp³-hybridized carbons (Fsp3) is 0.220. The SMILES string of the molecule is COc1ccc(-c2ccc3c(ccc4op(C)oc5ccc6cc(-c7ccc(OC)cc7)ccc6c5c43)c2)cc1.C[C@@H]1OP(C)O[C@H]1C.Cp1oc2ccc3c(c2c2c4c(ccc2o1)CCCC4)CCCC3.Cp1oc2ccc3cc(Br)ccc3c2c2c(ccc3cc(Br)ccc32)o1. The molecular formula is C82H74Br2O10P4. The maximum Gasteiger partial charge on any atom is 0.213 e. The second-order valence-electron chi connectivity index (χ2n) is 25.3. The monoisotopic (exact) mass is 1500 g/mol. The fourth-order valence-corrected chi connectivity index (χ4v) is 19.1. The number of hydrogen-bond donors (Lipinski definition) is 0. The lowest BCUT2D eigenvalue weighted by Gasteiger charge is -2.20. The minimum absolute atomic E-state index is 0.297. The quantitative estimate of drug-likeness (QED) is 0.158. The van der Waals surface area contributed by atoms with Crippen molar-refractivity contribution in [1.29, 1.82) is 0 Å². The molecule has 0 amide bonds.